The van der Waals surface area contributed by atoms with Gasteiger partial charge in [-0.1, -0.05) is 17.7 Å². The molecule has 4 rings (SSSR count). The van der Waals surface area contributed by atoms with Gasteiger partial charge in [0.05, 0.1) is 36.5 Å². The first-order valence-electron chi connectivity index (χ1n) is 12.3. The number of hydrogen-bond acceptors (Lipinski definition) is 8. The number of carbonyl (C=O) groups is 4. The molecule has 1 aliphatic heterocycles. The Kier molecular flexibility index (Phi) is 9.12. The molecule has 1 aliphatic rings. The second-order valence-electron chi connectivity index (χ2n) is 8.91. The number of methoxy groups -OCH3 is 1. The number of anilines is 2. The zero-order valence-corrected chi connectivity index (χ0v) is 22.3. The van der Waals surface area contributed by atoms with E-state index in [9.17, 15) is 24.3 Å². The molecule has 13 heteroatoms. The summed E-state index contributed by atoms with van der Waals surface area (Å²) < 4.78 is 4.81. The number of carbonyl (C=O) groups excluding carboxylic acids is 3. The van der Waals surface area contributed by atoms with E-state index in [0.717, 1.165) is 0 Å². The SMILES string of the molecule is COC(=O)N1CCN(c2ccc(C(=O)NC(CC(=O)O)c3cccnc3)cc2NC(=O)c2ccc(Cl)nc2)CC1. The van der Waals surface area contributed by atoms with E-state index >= 15 is 0 Å². The van der Waals surface area contributed by atoms with Gasteiger partial charge in [0.1, 0.15) is 5.15 Å². The minimum Gasteiger partial charge on any atom is -0.481 e. The van der Waals surface area contributed by atoms with Crippen molar-refractivity contribution in [2.45, 2.75) is 12.5 Å². The van der Waals surface area contributed by atoms with Crippen LogP contribution in [0, 0.1) is 0 Å². The van der Waals surface area contributed by atoms with Crippen molar-refractivity contribution >= 4 is 46.9 Å². The number of aromatic nitrogens is 2. The van der Waals surface area contributed by atoms with Gasteiger partial charge in [0.15, 0.2) is 0 Å². The highest BCUT2D eigenvalue weighted by Crippen LogP contribution is 2.30. The van der Waals surface area contributed by atoms with Crippen LogP contribution < -0.4 is 15.5 Å². The molecule has 1 fully saturated rings. The lowest BCUT2D eigenvalue weighted by Gasteiger charge is -2.36. The molecule has 40 heavy (non-hydrogen) atoms. The van der Waals surface area contributed by atoms with E-state index < -0.39 is 29.9 Å². The van der Waals surface area contributed by atoms with E-state index in [4.69, 9.17) is 16.3 Å². The van der Waals surface area contributed by atoms with Crippen LogP contribution in [0.15, 0.2) is 61.1 Å². The lowest BCUT2D eigenvalue weighted by Crippen LogP contribution is -2.49. The molecule has 3 aromatic rings. The molecule has 3 N–H and O–H groups in total. The number of carboxylic acid groups (broad SMARTS) is 1. The van der Waals surface area contributed by atoms with Crippen molar-refractivity contribution in [3.8, 4) is 0 Å². The van der Waals surface area contributed by atoms with Crippen LogP contribution in [0.1, 0.15) is 38.7 Å². The number of nitrogens with one attached hydrogen (secondary N) is 2. The Bertz CT molecular complexity index is 1380. The molecule has 12 nitrogen and oxygen atoms in total. The molecule has 0 bridgehead atoms. The van der Waals surface area contributed by atoms with Crippen molar-refractivity contribution in [3.05, 3.63) is 82.9 Å². The molecular formula is C27H27ClN6O6. The standard InChI is InChI=1S/C27H27ClN6O6/c1-40-27(39)34-11-9-33(10-12-34)22-6-4-17(13-21(22)32-26(38)19-5-7-23(28)30-16-19)25(37)31-20(14-24(35)36)18-3-2-8-29-15-18/h2-8,13,15-16,20H,9-12,14H2,1H3,(H,31,37)(H,32,38)(H,35,36). The fraction of sp³-hybridized carbons (Fsp3) is 0.259. The van der Waals surface area contributed by atoms with Gasteiger partial charge in [-0.15, -0.1) is 0 Å². The Labute approximate surface area is 234 Å². The predicted octanol–water partition coefficient (Wildman–Crippen LogP) is 3.22. The Morgan fingerprint density at radius 1 is 1.02 bits per heavy atom. The summed E-state index contributed by atoms with van der Waals surface area (Å²) in [5.41, 5.74) is 2.02. The van der Waals surface area contributed by atoms with E-state index in [1.165, 1.54) is 37.7 Å². The number of ether oxygens (including phenoxy) is 1. The van der Waals surface area contributed by atoms with Crippen LogP contribution in [0.4, 0.5) is 16.2 Å². The third-order valence-corrected chi connectivity index (χ3v) is 6.54. The first-order valence-corrected chi connectivity index (χ1v) is 12.7. The number of amides is 3. The first kappa shape index (κ1) is 28.3. The molecule has 0 spiro atoms. The van der Waals surface area contributed by atoms with E-state index in [1.54, 1.807) is 35.4 Å². The fourth-order valence-corrected chi connectivity index (χ4v) is 4.38. The molecule has 3 amide bonds. The summed E-state index contributed by atoms with van der Waals surface area (Å²) in [6.07, 6.45) is 3.63. The van der Waals surface area contributed by atoms with Gasteiger partial charge in [-0.05, 0) is 42.0 Å². The molecule has 2 aromatic heterocycles. The van der Waals surface area contributed by atoms with E-state index in [-0.39, 0.29) is 22.7 Å². The van der Waals surface area contributed by atoms with Gasteiger partial charge in [-0.2, -0.15) is 0 Å². The largest absolute Gasteiger partial charge is 0.481 e. The molecular weight excluding hydrogens is 540 g/mol. The van der Waals surface area contributed by atoms with E-state index in [0.29, 0.717) is 43.1 Å². The van der Waals surface area contributed by atoms with Gasteiger partial charge in [0.2, 0.25) is 0 Å². The summed E-state index contributed by atoms with van der Waals surface area (Å²) in [6.45, 7) is 1.75. The number of pyridine rings is 2. The highest BCUT2D eigenvalue weighted by molar-refractivity contribution is 6.29. The molecule has 0 radical (unpaired) electrons. The van der Waals surface area contributed by atoms with Gasteiger partial charge < -0.3 is 30.3 Å². The lowest BCUT2D eigenvalue weighted by atomic mass is 10.0. The Morgan fingerprint density at radius 3 is 2.40 bits per heavy atom. The van der Waals surface area contributed by atoms with Crippen LogP contribution in [-0.4, -0.2) is 77.1 Å². The van der Waals surface area contributed by atoms with Crippen LogP contribution in [0.3, 0.4) is 0 Å². The van der Waals surface area contributed by atoms with Crippen LogP contribution in [-0.2, 0) is 9.53 Å². The molecule has 1 unspecified atom stereocenters. The Morgan fingerprint density at radius 2 is 1.77 bits per heavy atom. The quantitative estimate of drug-likeness (QED) is 0.349. The van der Waals surface area contributed by atoms with Gasteiger partial charge >= 0.3 is 12.1 Å². The second kappa shape index (κ2) is 12.9. The van der Waals surface area contributed by atoms with Crippen molar-refractivity contribution in [1.82, 2.24) is 20.2 Å². The summed E-state index contributed by atoms with van der Waals surface area (Å²) in [7, 11) is 1.33. The maximum Gasteiger partial charge on any atom is 0.409 e. The van der Waals surface area contributed by atoms with Gasteiger partial charge in [0.25, 0.3) is 11.8 Å². The number of nitrogens with zero attached hydrogens (tertiary/aromatic N) is 4. The van der Waals surface area contributed by atoms with Crippen molar-refractivity contribution < 1.29 is 29.0 Å². The number of hydrogen-bond donors (Lipinski definition) is 3. The molecule has 1 saturated heterocycles. The third-order valence-electron chi connectivity index (χ3n) is 6.32. The van der Waals surface area contributed by atoms with Crippen LogP contribution in [0.2, 0.25) is 5.15 Å². The summed E-state index contributed by atoms with van der Waals surface area (Å²) in [5.74, 6) is -2.07. The fourth-order valence-electron chi connectivity index (χ4n) is 4.27. The Hall–Kier alpha value is -4.71. The van der Waals surface area contributed by atoms with Crippen molar-refractivity contribution in [2.24, 2.45) is 0 Å². The van der Waals surface area contributed by atoms with Crippen molar-refractivity contribution in [1.29, 1.82) is 0 Å². The number of halogens is 1. The molecule has 0 aliphatic carbocycles. The average Bonchev–Trinajstić information content (AvgIpc) is 2.97. The predicted molar refractivity (Wildman–Crippen MR) is 147 cm³/mol. The Balaban J connectivity index is 1.61. The third kappa shape index (κ3) is 7.03. The number of carboxylic acids is 1. The first-order chi connectivity index (χ1) is 19.2. The van der Waals surface area contributed by atoms with Crippen molar-refractivity contribution in [2.75, 3.05) is 43.5 Å². The molecule has 1 aromatic carbocycles. The van der Waals surface area contributed by atoms with Crippen LogP contribution in [0.25, 0.3) is 0 Å². The topological polar surface area (TPSA) is 154 Å². The summed E-state index contributed by atoms with van der Waals surface area (Å²) in [6, 6.07) is 10.4. The summed E-state index contributed by atoms with van der Waals surface area (Å²) >= 11 is 5.85. The zero-order valence-electron chi connectivity index (χ0n) is 21.5. The smallest absolute Gasteiger partial charge is 0.409 e. The molecule has 1 atom stereocenters. The monoisotopic (exact) mass is 566 g/mol. The van der Waals surface area contributed by atoms with Gasteiger partial charge in [-0.25, -0.2) is 9.78 Å². The zero-order chi connectivity index (χ0) is 28.6. The minimum absolute atomic E-state index is 0.209. The maximum absolute atomic E-state index is 13.3. The highest BCUT2D eigenvalue weighted by atomic mass is 35.5. The lowest BCUT2D eigenvalue weighted by molar-refractivity contribution is -0.137. The van der Waals surface area contributed by atoms with E-state index in [2.05, 4.69) is 20.6 Å². The normalized spacial score (nSPS) is 13.8. The minimum atomic E-state index is -1.08. The highest BCUT2D eigenvalue weighted by Gasteiger charge is 2.25. The van der Waals surface area contributed by atoms with E-state index in [1.807, 2.05) is 4.90 Å². The van der Waals surface area contributed by atoms with Crippen LogP contribution in [0.5, 0.6) is 0 Å². The van der Waals surface area contributed by atoms with Crippen molar-refractivity contribution in [3.63, 3.8) is 0 Å². The van der Waals surface area contributed by atoms with Crippen LogP contribution >= 0.6 is 11.6 Å². The maximum atomic E-state index is 13.3. The molecule has 3 heterocycles. The number of aliphatic carboxylic acids is 1. The molecule has 0 saturated carbocycles. The summed E-state index contributed by atoms with van der Waals surface area (Å²) in [5, 5.41) is 15.2. The number of rotatable bonds is 8. The number of benzene rings is 1. The molecule has 208 valence electrons. The van der Waals surface area contributed by atoms with Gasteiger partial charge in [-0.3, -0.25) is 19.4 Å². The summed E-state index contributed by atoms with van der Waals surface area (Å²) in [4.78, 5) is 61.2. The average molecular weight is 567 g/mol. The van der Waals surface area contributed by atoms with Gasteiger partial charge in [0, 0.05) is 50.3 Å². The second-order valence-corrected chi connectivity index (χ2v) is 9.30. The number of piperazine rings is 1.